The minimum atomic E-state index is -0.0125. The first-order valence-electron chi connectivity index (χ1n) is 6.66. The third-order valence-electron chi connectivity index (χ3n) is 2.91. The lowest BCUT2D eigenvalue weighted by molar-refractivity contribution is -0.120. The Hall–Kier alpha value is -2.20. The molecule has 0 saturated carbocycles. The maximum atomic E-state index is 11.7. The first kappa shape index (κ1) is 14.2. The van der Waals surface area contributed by atoms with E-state index in [2.05, 4.69) is 34.7 Å². The summed E-state index contributed by atoms with van der Waals surface area (Å²) in [5.41, 5.74) is 3.41. The molecule has 0 aliphatic rings. The lowest BCUT2D eigenvalue weighted by Gasteiger charge is -2.07. The Morgan fingerprint density at radius 3 is 2.75 bits per heavy atom. The Morgan fingerprint density at radius 2 is 2.00 bits per heavy atom. The van der Waals surface area contributed by atoms with E-state index in [1.807, 2.05) is 24.3 Å². The van der Waals surface area contributed by atoms with Crippen LogP contribution in [0.5, 0.6) is 0 Å². The van der Waals surface area contributed by atoms with E-state index >= 15 is 0 Å². The van der Waals surface area contributed by atoms with Crippen molar-refractivity contribution in [3.8, 4) is 0 Å². The van der Waals surface area contributed by atoms with Crippen LogP contribution in [0, 0.1) is 6.92 Å². The van der Waals surface area contributed by atoms with Gasteiger partial charge < -0.3 is 10.6 Å². The maximum Gasteiger partial charge on any atom is 0.234 e. The monoisotopic (exact) mass is 269 g/mol. The van der Waals surface area contributed by atoms with Gasteiger partial charge in [-0.05, 0) is 24.1 Å². The average Bonchev–Trinajstić information content (AvgIpc) is 2.46. The second kappa shape index (κ2) is 7.40. The summed E-state index contributed by atoms with van der Waals surface area (Å²) < 4.78 is 0. The van der Waals surface area contributed by atoms with E-state index in [9.17, 15) is 4.79 Å². The fraction of sp³-hybridized carbons (Fsp3) is 0.250. The molecule has 0 aliphatic carbocycles. The van der Waals surface area contributed by atoms with Crippen LogP contribution in [0.4, 0.5) is 0 Å². The second-order valence-corrected chi connectivity index (χ2v) is 4.73. The molecular formula is C16H19N3O. The van der Waals surface area contributed by atoms with Crippen molar-refractivity contribution in [2.75, 3.05) is 6.54 Å². The highest BCUT2D eigenvalue weighted by Crippen LogP contribution is 2.02. The summed E-state index contributed by atoms with van der Waals surface area (Å²) in [4.78, 5) is 15.7. The average molecular weight is 269 g/mol. The van der Waals surface area contributed by atoms with Crippen LogP contribution in [0.15, 0.2) is 48.8 Å². The Morgan fingerprint density at radius 1 is 1.15 bits per heavy atom. The van der Waals surface area contributed by atoms with Crippen LogP contribution in [0.25, 0.3) is 0 Å². The fourth-order valence-corrected chi connectivity index (χ4v) is 1.91. The van der Waals surface area contributed by atoms with E-state index in [0.29, 0.717) is 19.6 Å². The third-order valence-corrected chi connectivity index (χ3v) is 2.91. The van der Waals surface area contributed by atoms with Crippen molar-refractivity contribution in [2.45, 2.75) is 20.0 Å². The number of benzene rings is 1. The zero-order valence-electron chi connectivity index (χ0n) is 11.6. The predicted molar refractivity (Wildman–Crippen MR) is 79.0 cm³/mol. The summed E-state index contributed by atoms with van der Waals surface area (Å²) in [6.07, 6.45) is 3.47. The Kier molecular flexibility index (Phi) is 5.26. The van der Waals surface area contributed by atoms with Crippen molar-refractivity contribution < 1.29 is 4.79 Å². The fourth-order valence-electron chi connectivity index (χ4n) is 1.91. The van der Waals surface area contributed by atoms with Gasteiger partial charge in [-0.1, -0.05) is 35.9 Å². The Labute approximate surface area is 119 Å². The van der Waals surface area contributed by atoms with Gasteiger partial charge in [0.1, 0.15) is 0 Å². The Bertz CT molecular complexity index is 555. The highest BCUT2D eigenvalue weighted by atomic mass is 16.1. The van der Waals surface area contributed by atoms with Gasteiger partial charge in [-0.3, -0.25) is 9.78 Å². The number of nitrogens with zero attached hydrogens (tertiary/aromatic N) is 1. The van der Waals surface area contributed by atoms with E-state index < -0.39 is 0 Å². The smallest absolute Gasteiger partial charge is 0.234 e. The zero-order valence-corrected chi connectivity index (χ0v) is 11.6. The molecule has 20 heavy (non-hydrogen) atoms. The zero-order chi connectivity index (χ0) is 14.2. The van der Waals surface area contributed by atoms with E-state index in [0.717, 1.165) is 5.56 Å². The van der Waals surface area contributed by atoms with Crippen LogP contribution < -0.4 is 10.6 Å². The molecule has 2 aromatic rings. The quantitative estimate of drug-likeness (QED) is 0.840. The summed E-state index contributed by atoms with van der Waals surface area (Å²) in [5.74, 6) is -0.0125. The molecule has 4 heteroatoms. The van der Waals surface area contributed by atoms with Crippen molar-refractivity contribution in [1.29, 1.82) is 0 Å². The summed E-state index contributed by atoms with van der Waals surface area (Å²) in [6.45, 7) is 3.58. The number of pyridine rings is 1. The number of rotatable bonds is 6. The molecule has 0 saturated heterocycles. The molecular weight excluding hydrogens is 250 g/mol. The van der Waals surface area contributed by atoms with Gasteiger partial charge in [0.2, 0.25) is 5.91 Å². The number of aromatic nitrogens is 1. The number of hydrogen-bond donors (Lipinski definition) is 2. The van der Waals surface area contributed by atoms with Gasteiger partial charge in [0.05, 0.1) is 6.54 Å². The van der Waals surface area contributed by atoms with Gasteiger partial charge in [0.25, 0.3) is 0 Å². The maximum absolute atomic E-state index is 11.7. The summed E-state index contributed by atoms with van der Waals surface area (Å²) >= 11 is 0. The summed E-state index contributed by atoms with van der Waals surface area (Å²) in [6, 6.07) is 12.0. The van der Waals surface area contributed by atoms with Crippen LogP contribution in [0.2, 0.25) is 0 Å². The summed E-state index contributed by atoms with van der Waals surface area (Å²) in [5, 5.41) is 5.99. The third kappa shape index (κ3) is 4.82. The molecule has 1 aromatic carbocycles. The van der Waals surface area contributed by atoms with Gasteiger partial charge in [0.15, 0.2) is 0 Å². The number of amides is 1. The number of nitrogens with one attached hydrogen (secondary N) is 2. The first-order chi connectivity index (χ1) is 9.74. The minimum Gasteiger partial charge on any atom is -0.351 e. The SMILES string of the molecule is Cc1cccc(CNCC(=O)NCc2cccnc2)c1. The predicted octanol–water partition coefficient (Wildman–Crippen LogP) is 1.80. The molecule has 1 amide bonds. The van der Waals surface area contributed by atoms with E-state index in [1.165, 1.54) is 11.1 Å². The lowest BCUT2D eigenvalue weighted by Crippen LogP contribution is -2.33. The molecule has 1 aromatic heterocycles. The van der Waals surface area contributed by atoms with Gasteiger partial charge >= 0.3 is 0 Å². The largest absolute Gasteiger partial charge is 0.351 e. The molecule has 1 heterocycles. The highest BCUT2D eigenvalue weighted by Gasteiger charge is 2.01. The van der Waals surface area contributed by atoms with Gasteiger partial charge in [-0.2, -0.15) is 0 Å². The Balaban J connectivity index is 1.68. The van der Waals surface area contributed by atoms with E-state index in [4.69, 9.17) is 0 Å². The van der Waals surface area contributed by atoms with Gasteiger partial charge in [0, 0.05) is 25.5 Å². The van der Waals surface area contributed by atoms with Crippen molar-refractivity contribution in [2.24, 2.45) is 0 Å². The normalized spacial score (nSPS) is 10.2. The molecule has 0 bridgehead atoms. The van der Waals surface area contributed by atoms with E-state index in [1.54, 1.807) is 12.4 Å². The molecule has 0 aliphatic heterocycles. The van der Waals surface area contributed by atoms with Crippen LogP contribution in [0.1, 0.15) is 16.7 Å². The molecule has 0 spiro atoms. The van der Waals surface area contributed by atoms with Crippen LogP contribution in [-0.4, -0.2) is 17.4 Å². The number of carbonyl (C=O) groups is 1. The topological polar surface area (TPSA) is 54.0 Å². The lowest BCUT2D eigenvalue weighted by atomic mass is 10.1. The molecule has 0 unspecified atom stereocenters. The first-order valence-corrected chi connectivity index (χ1v) is 6.66. The van der Waals surface area contributed by atoms with Crippen molar-refractivity contribution >= 4 is 5.91 Å². The molecule has 2 N–H and O–H groups in total. The van der Waals surface area contributed by atoms with E-state index in [-0.39, 0.29) is 5.91 Å². The number of hydrogen-bond acceptors (Lipinski definition) is 3. The van der Waals surface area contributed by atoms with Gasteiger partial charge in [-0.25, -0.2) is 0 Å². The minimum absolute atomic E-state index is 0.0125. The molecule has 0 fully saturated rings. The number of aryl methyl sites for hydroxylation is 1. The standard InChI is InChI=1S/C16H19N3O/c1-13-4-2-5-14(8-13)9-18-12-16(20)19-11-15-6-3-7-17-10-15/h2-8,10,18H,9,11-12H2,1H3,(H,19,20). The van der Waals surface area contributed by atoms with Crippen LogP contribution in [-0.2, 0) is 17.9 Å². The summed E-state index contributed by atoms with van der Waals surface area (Å²) in [7, 11) is 0. The molecule has 2 rings (SSSR count). The van der Waals surface area contributed by atoms with Crippen LogP contribution >= 0.6 is 0 Å². The second-order valence-electron chi connectivity index (χ2n) is 4.73. The van der Waals surface area contributed by atoms with Gasteiger partial charge in [-0.15, -0.1) is 0 Å². The van der Waals surface area contributed by atoms with Crippen molar-refractivity contribution in [3.05, 3.63) is 65.5 Å². The van der Waals surface area contributed by atoms with Crippen LogP contribution in [0.3, 0.4) is 0 Å². The molecule has 0 atom stereocenters. The molecule has 104 valence electrons. The number of carbonyl (C=O) groups excluding carboxylic acids is 1. The van der Waals surface area contributed by atoms with Crippen molar-refractivity contribution in [1.82, 2.24) is 15.6 Å². The van der Waals surface area contributed by atoms with Crippen molar-refractivity contribution in [3.63, 3.8) is 0 Å². The highest BCUT2D eigenvalue weighted by molar-refractivity contribution is 5.77. The molecule has 0 radical (unpaired) electrons. The molecule has 4 nitrogen and oxygen atoms in total.